The summed E-state index contributed by atoms with van der Waals surface area (Å²) in [4.78, 5) is 11.5. The molecule has 2 amide bonds. The molecule has 0 radical (unpaired) electrons. The Labute approximate surface area is 86.6 Å². The van der Waals surface area contributed by atoms with Crippen LogP contribution in [0, 0.1) is 0 Å². The number of nitrogens with one attached hydrogen (secondary N) is 1. The number of benzene rings is 1. The zero-order chi connectivity index (χ0) is 10.4. The first kappa shape index (κ1) is 10.6. The van der Waals surface area contributed by atoms with Crippen molar-refractivity contribution in [2.75, 3.05) is 6.26 Å². The number of thioether (sulfide) groups is 1. The Hall–Kier alpha value is -1.49. The summed E-state index contributed by atoms with van der Waals surface area (Å²) in [6, 6.07) is 7.13. The maximum absolute atomic E-state index is 10.3. The van der Waals surface area contributed by atoms with Gasteiger partial charge in [-0.3, -0.25) is 0 Å². The molecule has 4 nitrogen and oxygen atoms in total. The van der Waals surface area contributed by atoms with E-state index < -0.39 is 6.03 Å². The average Bonchev–Trinajstić information content (AvgIpc) is 2.18. The Kier molecular flexibility index (Phi) is 4.00. The highest BCUT2D eigenvalue weighted by molar-refractivity contribution is 7.98. The van der Waals surface area contributed by atoms with Gasteiger partial charge in [0.1, 0.15) is 0 Å². The van der Waals surface area contributed by atoms with Crippen LogP contribution in [0.1, 0.15) is 5.56 Å². The fourth-order valence-electron chi connectivity index (χ4n) is 0.860. The number of urea groups is 1. The van der Waals surface area contributed by atoms with Crippen LogP contribution in [-0.4, -0.2) is 18.5 Å². The lowest BCUT2D eigenvalue weighted by Gasteiger charge is -1.96. The molecule has 0 fully saturated rings. The third kappa shape index (κ3) is 3.49. The van der Waals surface area contributed by atoms with E-state index in [1.807, 2.05) is 30.5 Å². The maximum Gasteiger partial charge on any atom is 0.332 e. The Bertz CT molecular complexity index is 334. The molecule has 0 aliphatic carbocycles. The van der Waals surface area contributed by atoms with Gasteiger partial charge in [0, 0.05) is 4.90 Å². The summed E-state index contributed by atoms with van der Waals surface area (Å²) >= 11 is 1.67. The number of rotatable bonds is 3. The van der Waals surface area contributed by atoms with Crippen LogP contribution in [0.3, 0.4) is 0 Å². The summed E-state index contributed by atoms with van der Waals surface area (Å²) in [5.41, 5.74) is 7.87. The Morgan fingerprint density at radius 2 is 2.14 bits per heavy atom. The van der Waals surface area contributed by atoms with E-state index in [4.69, 9.17) is 5.73 Å². The minimum absolute atomic E-state index is 0.665. The molecule has 0 spiro atoms. The quantitative estimate of drug-likeness (QED) is 0.449. The number of amides is 2. The van der Waals surface area contributed by atoms with Gasteiger partial charge in [-0.1, -0.05) is 12.1 Å². The molecule has 0 aromatic heterocycles. The van der Waals surface area contributed by atoms with Crippen LogP contribution in [0.2, 0.25) is 0 Å². The summed E-state index contributed by atoms with van der Waals surface area (Å²) in [7, 11) is 0. The van der Waals surface area contributed by atoms with E-state index in [0.717, 1.165) is 5.56 Å². The second-order valence-electron chi connectivity index (χ2n) is 2.51. The summed E-state index contributed by atoms with van der Waals surface area (Å²) in [6.07, 6.45) is 3.55. The number of hydrazone groups is 1. The first-order valence-corrected chi connectivity index (χ1v) is 5.17. The molecule has 0 aliphatic rings. The molecule has 1 aromatic rings. The number of hydrogen-bond donors (Lipinski definition) is 2. The molecule has 0 heterocycles. The Morgan fingerprint density at radius 3 is 2.64 bits per heavy atom. The van der Waals surface area contributed by atoms with Gasteiger partial charge in [0.15, 0.2) is 0 Å². The normalized spacial score (nSPS) is 10.4. The van der Waals surface area contributed by atoms with Crippen LogP contribution in [0.5, 0.6) is 0 Å². The summed E-state index contributed by atoms with van der Waals surface area (Å²) < 4.78 is 0. The van der Waals surface area contributed by atoms with Crippen molar-refractivity contribution >= 4 is 24.0 Å². The highest BCUT2D eigenvalue weighted by atomic mass is 32.2. The van der Waals surface area contributed by atoms with Crippen molar-refractivity contribution in [3.05, 3.63) is 29.8 Å². The molecule has 14 heavy (non-hydrogen) atoms. The molecular weight excluding hydrogens is 198 g/mol. The van der Waals surface area contributed by atoms with Gasteiger partial charge < -0.3 is 5.73 Å². The van der Waals surface area contributed by atoms with Gasteiger partial charge in [-0.2, -0.15) is 5.10 Å². The smallest absolute Gasteiger partial charge is 0.332 e. The van der Waals surface area contributed by atoms with E-state index in [9.17, 15) is 4.79 Å². The first-order valence-electron chi connectivity index (χ1n) is 3.95. The Balaban J connectivity index is 2.59. The molecule has 0 saturated heterocycles. The van der Waals surface area contributed by atoms with Gasteiger partial charge in [-0.25, -0.2) is 10.2 Å². The summed E-state index contributed by atoms with van der Waals surface area (Å²) in [6.45, 7) is 0. The van der Waals surface area contributed by atoms with Crippen LogP contribution in [0.15, 0.2) is 34.3 Å². The minimum Gasteiger partial charge on any atom is -0.350 e. The number of nitrogens with zero attached hydrogens (tertiary/aromatic N) is 1. The first-order chi connectivity index (χ1) is 6.72. The number of hydrogen-bond acceptors (Lipinski definition) is 3. The monoisotopic (exact) mass is 209 g/mol. The molecule has 0 unspecified atom stereocenters. The van der Waals surface area contributed by atoms with Crippen LogP contribution < -0.4 is 11.2 Å². The van der Waals surface area contributed by atoms with Crippen molar-refractivity contribution in [2.45, 2.75) is 4.90 Å². The topological polar surface area (TPSA) is 67.5 Å². The predicted molar refractivity (Wildman–Crippen MR) is 58.5 cm³/mol. The largest absolute Gasteiger partial charge is 0.350 e. The van der Waals surface area contributed by atoms with E-state index in [-0.39, 0.29) is 0 Å². The van der Waals surface area contributed by atoms with Crippen LogP contribution >= 0.6 is 11.8 Å². The molecule has 0 atom stereocenters. The summed E-state index contributed by atoms with van der Waals surface area (Å²) in [5, 5.41) is 3.64. The number of carbonyl (C=O) groups is 1. The van der Waals surface area contributed by atoms with Crippen molar-refractivity contribution in [1.29, 1.82) is 0 Å². The predicted octanol–water partition coefficient (Wildman–Crippen LogP) is 1.41. The highest BCUT2D eigenvalue weighted by Gasteiger charge is 1.90. The van der Waals surface area contributed by atoms with Gasteiger partial charge >= 0.3 is 6.03 Å². The van der Waals surface area contributed by atoms with Crippen molar-refractivity contribution in [2.24, 2.45) is 10.8 Å². The number of primary amides is 1. The molecule has 1 aromatic carbocycles. The van der Waals surface area contributed by atoms with Crippen molar-refractivity contribution in [1.82, 2.24) is 5.43 Å². The van der Waals surface area contributed by atoms with Crippen molar-refractivity contribution < 1.29 is 4.79 Å². The van der Waals surface area contributed by atoms with E-state index in [2.05, 4.69) is 10.5 Å². The molecule has 3 N–H and O–H groups in total. The van der Waals surface area contributed by atoms with Gasteiger partial charge in [0.05, 0.1) is 6.21 Å². The third-order valence-corrected chi connectivity index (χ3v) is 2.25. The van der Waals surface area contributed by atoms with Crippen LogP contribution in [-0.2, 0) is 0 Å². The van der Waals surface area contributed by atoms with E-state index in [1.165, 1.54) is 11.1 Å². The molecule has 1 rings (SSSR count). The molecule has 0 bridgehead atoms. The molecule has 74 valence electrons. The average molecular weight is 209 g/mol. The van der Waals surface area contributed by atoms with Crippen LogP contribution in [0.4, 0.5) is 4.79 Å². The molecule has 0 saturated carbocycles. The second-order valence-corrected chi connectivity index (χ2v) is 3.39. The van der Waals surface area contributed by atoms with E-state index in [1.54, 1.807) is 11.8 Å². The van der Waals surface area contributed by atoms with Crippen molar-refractivity contribution in [3.63, 3.8) is 0 Å². The zero-order valence-electron chi connectivity index (χ0n) is 7.73. The minimum atomic E-state index is -0.665. The van der Waals surface area contributed by atoms with Crippen molar-refractivity contribution in [3.8, 4) is 0 Å². The number of nitrogens with two attached hydrogens (primary N) is 1. The van der Waals surface area contributed by atoms with Gasteiger partial charge in [-0.15, -0.1) is 11.8 Å². The van der Waals surface area contributed by atoms with Gasteiger partial charge in [0.25, 0.3) is 0 Å². The lowest BCUT2D eigenvalue weighted by molar-refractivity contribution is 0.249. The highest BCUT2D eigenvalue weighted by Crippen LogP contribution is 2.13. The van der Waals surface area contributed by atoms with Crippen LogP contribution in [0.25, 0.3) is 0 Å². The standard InChI is InChI=1S/C9H11N3OS/c1-14-8-4-2-7(3-5-8)6-11-12-9(10)13/h2-6H,1H3,(H3,10,12,13)/b11-6+. The number of carbonyl (C=O) groups excluding carboxylic acids is 1. The van der Waals surface area contributed by atoms with Gasteiger partial charge in [-0.05, 0) is 24.0 Å². The third-order valence-electron chi connectivity index (χ3n) is 1.50. The van der Waals surface area contributed by atoms with Gasteiger partial charge in [0.2, 0.25) is 0 Å². The SMILES string of the molecule is CSc1ccc(/C=N/NC(N)=O)cc1. The van der Waals surface area contributed by atoms with E-state index in [0.29, 0.717) is 0 Å². The molecule has 0 aliphatic heterocycles. The lowest BCUT2D eigenvalue weighted by atomic mass is 10.2. The molecule has 5 heteroatoms. The second kappa shape index (κ2) is 5.29. The maximum atomic E-state index is 10.3. The Morgan fingerprint density at radius 1 is 1.50 bits per heavy atom. The summed E-state index contributed by atoms with van der Waals surface area (Å²) in [5.74, 6) is 0. The fourth-order valence-corrected chi connectivity index (χ4v) is 1.27. The lowest BCUT2D eigenvalue weighted by Crippen LogP contribution is -2.24. The fraction of sp³-hybridized carbons (Fsp3) is 0.111. The van der Waals surface area contributed by atoms with E-state index >= 15 is 0 Å². The molecular formula is C9H11N3OS. The zero-order valence-corrected chi connectivity index (χ0v) is 8.54.